The van der Waals surface area contributed by atoms with Crippen molar-refractivity contribution in [3.8, 4) is 17.2 Å². The average Bonchev–Trinajstić information content (AvgIpc) is 3.13. The number of carbonyl (C=O) groups is 3. The van der Waals surface area contributed by atoms with Crippen LogP contribution in [0.3, 0.4) is 0 Å². The fraction of sp³-hybridized carbons (Fsp3) is 0.275. The van der Waals surface area contributed by atoms with Crippen molar-refractivity contribution in [1.82, 2.24) is 4.90 Å². The Hall–Kier alpha value is -4.25. The van der Waals surface area contributed by atoms with E-state index in [1.165, 1.54) is 13.2 Å². The predicted molar refractivity (Wildman–Crippen MR) is 198 cm³/mol. The first-order valence-electron chi connectivity index (χ1n) is 16.6. The highest BCUT2D eigenvalue weighted by Crippen LogP contribution is 2.42. The zero-order valence-electron chi connectivity index (χ0n) is 27.6. The van der Waals surface area contributed by atoms with Crippen molar-refractivity contribution in [1.29, 1.82) is 0 Å². The number of benzene rings is 4. The van der Waals surface area contributed by atoms with Crippen molar-refractivity contribution in [2.75, 3.05) is 20.3 Å². The maximum Gasteiger partial charge on any atom is 0.338 e. The van der Waals surface area contributed by atoms with Crippen LogP contribution in [-0.4, -0.2) is 55.0 Å². The minimum Gasteiger partial charge on any atom is -0.493 e. The number of rotatable bonds is 11. The Balaban J connectivity index is 1.10. The van der Waals surface area contributed by atoms with Gasteiger partial charge in [0.1, 0.15) is 11.9 Å². The molecule has 50 heavy (non-hydrogen) atoms. The number of hydrogen-bond donors (Lipinski definition) is 0. The molecular weight excluding hydrogens is 766 g/mol. The quantitative estimate of drug-likeness (QED) is 0.0643. The fourth-order valence-corrected chi connectivity index (χ4v) is 7.06. The monoisotopic (exact) mass is 801 g/mol. The topological polar surface area (TPSA) is 91.4 Å². The Morgan fingerprint density at radius 3 is 2.22 bits per heavy atom. The normalized spacial score (nSPS) is 19.0. The van der Waals surface area contributed by atoms with Crippen LogP contribution in [0.2, 0.25) is 0 Å². The third-order valence-electron chi connectivity index (χ3n) is 9.06. The molecule has 0 aliphatic carbocycles. The first kappa shape index (κ1) is 35.6. The van der Waals surface area contributed by atoms with E-state index >= 15 is 0 Å². The van der Waals surface area contributed by atoms with Gasteiger partial charge in [-0.1, -0.05) is 68.6 Å². The minimum atomic E-state index is -0.554. The number of piperidine rings is 2. The van der Waals surface area contributed by atoms with Gasteiger partial charge in [-0.25, -0.2) is 9.59 Å². The summed E-state index contributed by atoms with van der Waals surface area (Å²) in [4.78, 5) is 40.9. The summed E-state index contributed by atoms with van der Waals surface area (Å²) < 4.78 is 24.9. The van der Waals surface area contributed by atoms with Gasteiger partial charge in [-0.05, 0) is 97.3 Å². The van der Waals surface area contributed by atoms with Crippen molar-refractivity contribution >= 4 is 55.7 Å². The average molecular weight is 804 g/mol. The van der Waals surface area contributed by atoms with Gasteiger partial charge < -0.3 is 18.9 Å². The summed E-state index contributed by atoms with van der Waals surface area (Å²) in [5, 5.41) is 0. The number of ketones is 1. The predicted octanol–water partition coefficient (Wildman–Crippen LogP) is 9.02. The van der Waals surface area contributed by atoms with E-state index in [1.807, 2.05) is 42.5 Å². The molecule has 4 aromatic rings. The number of carbonyl (C=O) groups excluding carboxylic acids is 3. The third-order valence-corrected chi connectivity index (χ3v) is 10.1. The Labute approximate surface area is 308 Å². The van der Waals surface area contributed by atoms with E-state index in [0.29, 0.717) is 40.8 Å². The Kier molecular flexibility index (Phi) is 11.8. The number of ether oxygens (including phenoxy) is 4. The SMILES string of the molecule is COc1ccc(C2CC(OC(=O)c3ccc(Br)cc3)CC3CCCCN32)cc1OC(=O)/C=C/c1ccc(OCC(=O)c2ccc(Br)cc2)cc1. The van der Waals surface area contributed by atoms with Crippen molar-refractivity contribution in [2.45, 2.75) is 50.3 Å². The van der Waals surface area contributed by atoms with Crippen LogP contribution in [0.15, 0.2) is 106 Å². The van der Waals surface area contributed by atoms with Gasteiger partial charge in [-0.15, -0.1) is 0 Å². The summed E-state index contributed by atoms with van der Waals surface area (Å²) in [5.41, 5.74) is 2.83. The molecule has 4 aromatic carbocycles. The zero-order chi connectivity index (χ0) is 35.0. The molecule has 2 aliphatic heterocycles. The summed E-state index contributed by atoms with van der Waals surface area (Å²) in [6, 6.07) is 27.4. The van der Waals surface area contributed by atoms with Gasteiger partial charge in [0, 0.05) is 45.5 Å². The Morgan fingerprint density at radius 2 is 1.52 bits per heavy atom. The van der Waals surface area contributed by atoms with Crippen LogP contribution in [0, 0.1) is 0 Å². The number of halogens is 2. The van der Waals surface area contributed by atoms with E-state index in [-0.39, 0.29) is 30.5 Å². The molecule has 2 saturated heterocycles. The molecule has 6 rings (SSSR count). The van der Waals surface area contributed by atoms with Crippen molar-refractivity contribution < 1.29 is 33.3 Å². The molecule has 3 atom stereocenters. The first-order valence-corrected chi connectivity index (χ1v) is 18.2. The molecular formula is C40H37Br2NO7. The molecule has 2 aliphatic rings. The van der Waals surface area contributed by atoms with Crippen molar-refractivity contribution in [3.63, 3.8) is 0 Å². The van der Waals surface area contributed by atoms with E-state index < -0.39 is 5.97 Å². The molecule has 258 valence electrons. The highest BCUT2D eigenvalue weighted by Gasteiger charge is 2.39. The second kappa shape index (κ2) is 16.6. The van der Waals surface area contributed by atoms with Crippen molar-refractivity contribution in [3.05, 3.63) is 128 Å². The van der Waals surface area contributed by atoms with Gasteiger partial charge in [-0.3, -0.25) is 9.69 Å². The van der Waals surface area contributed by atoms with Gasteiger partial charge in [0.2, 0.25) is 0 Å². The molecule has 0 spiro atoms. The second-order valence-electron chi connectivity index (χ2n) is 12.4. The molecule has 0 radical (unpaired) electrons. The lowest BCUT2D eigenvalue weighted by Crippen LogP contribution is -2.49. The van der Waals surface area contributed by atoms with Crippen molar-refractivity contribution in [2.24, 2.45) is 0 Å². The summed E-state index contributed by atoms with van der Waals surface area (Å²) in [7, 11) is 1.54. The van der Waals surface area contributed by atoms with Crippen LogP contribution in [-0.2, 0) is 9.53 Å². The number of fused-ring (bicyclic) bond motifs is 1. The summed E-state index contributed by atoms with van der Waals surface area (Å²) >= 11 is 6.78. The molecule has 0 N–H and O–H groups in total. The number of Topliss-reactive ketones (excluding diaryl/α,β-unsaturated/α-hetero) is 1. The lowest BCUT2D eigenvalue weighted by atomic mass is 9.84. The standard InChI is InChI=1S/C40H37Br2NO7/c1-47-37-19-12-29(35-24-34(23-32-4-2-3-21-43(32)35)49-40(46)28-10-15-31(42)16-11-28)22-38(37)50-39(45)20-7-26-5-17-33(18-6-26)48-25-36(44)27-8-13-30(41)14-9-27/h5-20,22,32,34-35H,2-4,21,23-25H2,1H3/b20-7+. The smallest absolute Gasteiger partial charge is 0.338 e. The molecule has 10 heteroatoms. The van der Waals surface area contributed by atoms with Gasteiger partial charge in [0.25, 0.3) is 0 Å². The van der Waals surface area contributed by atoms with Crippen LogP contribution in [0.25, 0.3) is 6.08 Å². The maximum atomic E-state index is 13.0. The third kappa shape index (κ3) is 9.10. The number of nitrogens with zero attached hydrogens (tertiary/aromatic N) is 1. The van der Waals surface area contributed by atoms with Gasteiger partial charge >= 0.3 is 11.9 Å². The first-order chi connectivity index (χ1) is 24.2. The summed E-state index contributed by atoms with van der Waals surface area (Å²) in [6.45, 7) is 0.874. The molecule has 0 bridgehead atoms. The number of methoxy groups -OCH3 is 1. The van der Waals surface area contributed by atoms with Crippen LogP contribution in [0.5, 0.6) is 17.2 Å². The van der Waals surface area contributed by atoms with E-state index in [2.05, 4.69) is 36.8 Å². The number of hydrogen-bond acceptors (Lipinski definition) is 8. The van der Waals surface area contributed by atoms with E-state index in [1.54, 1.807) is 54.6 Å². The number of esters is 2. The van der Waals surface area contributed by atoms with Gasteiger partial charge in [0.05, 0.1) is 12.7 Å². The maximum absolute atomic E-state index is 13.0. The van der Waals surface area contributed by atoms with E-state index in [0.717, 1.165) is 52.3 Å². The minimum absolute atomic E-state index is 0.0124. The molecule has 2 fully saturated rings. The Morgan fingerprint density at radius 1 is 0.820 bits per heavy atom. The van der Waals surface area contributed by atoms with Crippen LogP contribution in [0.4, 0.5) is 0 Å². The van der Waals surface area contributed by atoms with Crippen LogP contribution >= 0.6 is 31.9 Å². The molecule has 8 nitrogen and oxygen atoms in total. The lowest BCUT2D eigenvalue weighted by molar-refractivity contribution is -0.129. The second-order valence-corrected chi connectivity index (χ2v) is 14.2. The molecule has 0 saturated carbocycles. The van der Waals surface area contributed by atoms with Crippen LogP contribution in [0.1, 0.15) is 70.0 Å². The Bertz CT molecular complexity index is 1840. The summed E-state index contributed by atoms with van der Waals surface area (Å²) in [6.07, 6.45) is 7.49. The molecule has 0 amide bonds. The highest BCUT2D eigenvalue weighted by atomic mass is 79.9. The summed E-state index contributed by atoms with van der Waals surface area (Å²) in [5.74, 6) is 0.307. The largest absolute Gasteiger partial charge is 0.493 e. The molecule has 3 unspecified atom stereocenters. The van der Waals surface area contributed by atoms with E-state index in [4.69, 9.17) is 18.9 Å². The van der Waals surface area contributed by atoms with Gasteiger partial charge in [0.15, 0.2) is 23.9 Å². The fourth-order valence-electron chi connectivity index (χ4n) is 6.53. The van der Waals surface area contributed by atoms with Gasteiger partial charge in [-0.2, -0.15) is 0 Å². The van der Waals surface area contributed by atoms with Crippen LogP contribution < -0.4 is 14.2 Å². The zero-order valence-corrected chi connectivity index (χ0v) is 30.7. The molecule has 2 heterocycles. The lowest BCUT2D eigenvalue weighted by Gasteiger charge is -2.47. The highest BCUT2D eigenvalue weighted by molar-refractivity contribution is 9.10. The van der Waals surface area contributed by atoms with E-state index in [9.17, 15) is 14.4 Å². The molecule has 0 aromatic heterocycles.